The molecule has 0 unspecified atom stereocenters. The van der Waals surface area contributed by atoms with Gasteiger partial charge >= 0.3 is 0 Å². The van der Waals surface area contributed by atoms with E-state index in [1.165, 1.54) is 18.2 Å². The molecule has 1 aromatic carbocycles. The zero-order valence-corrected chi connectivity index (χ0v) is 7.01. The molecule has 0 saturated heterocycles. The quantitative estimate of drug-likeness (QED) is 0.730. The summed E-state index contributed by atoms with van der Waals surface area (Å²) < 4.78 is 13.0. The van der Waals surface area contributed by atoms with Gasteiger partial charge in [0.2, 0.25) is 0 Å². The Morgan fingerprint density at radius 3 is 3.00 bits per heavy atom. The number of nitrogens with one attached hydrogen (secondary N) is 1. The molecule has 1 radical (unpaired) electrons. The highest BCUT2D eigenvalue weighted by atomic mass is 19.1. The molecule has 1 saturated carbocycles. The predicted molar refractivity (Wildman–Crippen MR) is 45.7 cm³/mol. The first-order chi connectivity index (χ1) is 6.27. The number of halogens is 1. The molecule has 3 heteroatoms. The summed E-state index contributed by atoms with van der Waals surface area (Å²) in [6.45, 7) is 0. The van der Waals surface area contributed by atoms with Gasteiger partial charge in [0.15, 0.2) is 0 Å². The highest BCUT2D eigenvalue weighted by Crippen LogP contribution is 2.19. The van der Waals surface area contributed by atoms with Crippen LogP contribution in [0.25, 0.3) is 0 Å². The smallest absolute Gasteiger partial charge is 0.254 e. The van der Waals surface area contributed by atoms with Crippen molar-refractivity contribution in [2.75, 3.05) is 0 Å². The molecule has 0 atom stereocenters. The first kappa shape index (κ1) is 8.23. The van der Waals surface area contributed by atoms with Crippen LogP contribution in [0, 0.1) is 11.9 Å². The molecular weight excluding hydrogens is 169 g/mol. The van der Waals surface area contributed by atoms with Gasteiger partial charge in [0.25, 0.3) is 5.91 Å². The standard InChI is InChI=1S/C10H9FNO/c11-9-4-2-1-3-8(9)10(13)12-7-5-6-7/h1,3-4,7H,5-6H2,(H,12,13). The Kier molecular flexibility index (Phi) is 2.00. The van der Waals surface area contributed by atoms with E-state index in [-0.39, 0.29) is 17.5 Å². The molecule has 0 aliphatic heterocycles. The van der Waals surface area contributed by atoms with Crippen molar-refractivity contribution in [3.63, 3.8) is 0 Å². The third-order valence-electron chi connectivity index (χ3n) is 1.97. The fourth-order valence-electron chi connectivity index (χ4n) is 1.09. The highest BCUT2D eigenvalue weighted by molar-refractivity contribution is 5.94. The van der Waals surface area contributed by atoms with Crippen LogP contribution in [0.1, 0.15) is 23.2 Å². The van der Waals surface area contributed by atoms with E-state index < -0.39 is 5.82 Å². The topological polar surface area (TPSA) is 29.1 Å². The molecular formula is C10H9FNO. The van der Waals surface area contributed by atoms with Crippen molar-refractivity contribution >= 4 is 5.91 Å². The van der Waals surface area contributed by atoms with E-state index in [0.717, 1.165) is 12.8 Å². The first-order valence-corrected chi connectivity index (χ1v) is 4.24. The highest BCUT2D eigenvalue weighted by Gasteiger charge is 2.24. The average Bonchev–Trinajstić information content (AvgIpc) is 2.89. The maximum Gasteiger partial charge on any atom is 0.254 e. The summed E-state index contributed by atoms with van der Waals surface area (Å²) in [7, 11) is 0. The number of hydrogen-bond donors (Lipinski definition) is 1. The summed E-state index contributed by atoms with van der Waals surface area (Å²) in [5.74, 6) is -0.838. The van der Waals surface area contributed by atoms with Gasteiger partial charge in [-0.3, -0.25) is 4.79 Å². The Hall–Kier alpha value is -1.38. The van der Waals surface area contributed by atoms with Gasteiger partial charge < -0.3 is 5.32 Å². The number of benzene rings is 1. The molecule has 1 aromatic rings. The fourth-order valence-corrected chi connectivity index (χ4v) is 1.09. The van der Waals surface area contributed by atoms with Gasteiger partial charge in [-0.2, -0.15) is 0 Å². The van der Waals surface area contributed by atoms with Gasteiger partial charge in [0.1, 0.15) is 5.82 Å². The Labute approximate surface area is 75.8 Å². The van der Waals surface area contributed by atoms with Crippen LogP contribution in [0.4, 0.5) is 4.39 Å². The minimum absolute atomic E-state index is 0.102. The largest absolute Gasteiger partial charge is 0.349 e. The number of carbonyl (C=O) groups is 1. The fraction of sp³-hybridized carbons (Fsp3) is 0.300. The van der Waals surface area contributed by atoms with Crippen molar-refractivity contribution < 1.29 is 9.18 Å². The van der Waals surface area contributed by atoms with Gasteiger partial charge in [0.05, 0.1) is 5.56 Å². The van der Waals surface area contributed by atoms with Crippen molar-refractivity contribution in [3.05, 3.63) is 35.6 Å². The number of amides is 1. The molecule has 2 rings (SSSR count). The van der Waals surface area contributed by atoms with Crippen molar-refractivity contribution in [3.8, 4) is 0 Å². The zero-order valence-electron chi connectivity index (χ0n) is 7.01. The van der Waals surface area contributed by atoms with Gasteiger partial charge in [0, 0.05) is 6.04 Å². The van der Waals surface area contributed by atoms with Crippen molar-refractivity contribution in [1.82, 2.24) is 5.32 Å². The Bertz CT molecular complexity index is 333. The minimum Gasteiger partial charge on any atom is -0.349 e. The molecule has 0 heterocycles. The first-order valence-electron chi connectivity index (χ1n) is 4.24. The summed E-state index contributed by atoms with van der Waals surface area (Å²) in [5, 5.41) is 2.72. The van der Waals surface area contributed by atoms with Crippen molar-refractivity contribution in [2.24, 2.45) is 0 Å². The maximum absolute atomic E-state index is 13.0. The zero-order chi connectivity index (χ0) is 9.26. The Balaban J connectivity index is 2.13. The Morgan fingerprint density at radius 2 is 2.38 bits per heavy atom. The maximum atomic E-state index is 13.0. The normalized spacial score (nSPS) is 15.5. The molecule has 1 N–H and O–H groups in total. The van der Waals surface area contributed by atoms with Crippen molar-refractivity contribution in [1.29, 1.82) is 0 Å². The third-order valence-corrected chi connectivity index (χ3v) is 1.97. The number of rotatable bonds is 2. The van der Waals surface area contributed by atoms with E-state index >= 15 is 0 Å². The van der Waals surface area contributed by atoms with E-state index in [1.807, 2.05) is 0 Å². The van der Waals surface area contributed by atoms with Crippen LogP contribution in [0.15, 0.2) is 18.2 Å². The molecule has 0 aromatic heterocycles. The minimum atomic E-state index is -0.513. The van der Waals surface area contributed by atoms with Crippen LogP contribution in [0.2, 0.25) is 0 Å². The monoisotopic (exact) mass is 178 g/mol. The van der Waals surface area contributed by atoms with Crippen LogP contribution in [0.3, 0.4) is 0 Å². The van der Waals surface area contributed by atoms with Crippen LogP contribution < -0.4 is 5.32 Å². The van der Waals surface area contributed by atoms with Gasteiger partial charge in [-0.25, -0.2) is 4.39 Å². The van der Waals surface area contributed by atoms with E-state index in [1.54, 1.807) is 0 Å². The van der Waals surface area contributed by atoms with E-state index in [4.69, 9.17) is 0 Å². The van der Waals surface area contributed by atoms with Crippen LogP contribution in [-0.4, -0.2) is 11.9 Å². The molecule has 13 heavy (non-hydrogen) atoms. The lowest BCUT2D eigenvalue weighted by Gasteiger charge is -2.02. The molecule has 2 nitrogen and oxygen atoms in total. The molecule has 1 aliphatic rings. The van der Waals surface area contributed by atoms with Gasteiger partial charge in [-0.15, -0.1) is 0 Å². The van der Waals surface area contributed by atoms with Crippen LogP contribution in [0.5, 0.6) is 0 Å². The van der Waals surface area contributed by atoms with Gasteiger partial charge in [-0.1, -0.05) is 6.07 Å². The molecule has 1 fully saturated rings. The van der Waals surface area contributed by atoms with Gasteiger partial charge in [-0.05, 0) is 31.0 Å². The SMILES string of the molecule is O=C(NC1CC1)c1cc[c]cc1F. The van der Waals surface area contributed by atoms with Crippen molar-refractivity contribution in [2.45, 2.75) is 18.9 Å². The molecule has 67 valence electrons. The number of hydrogen-bond acceptors (Lipinski definition) is 1. The van der Waals surface area contributed by atoms with E-state index in [2.05, 4.69) is 11.4 Å². The van der Waals surface area contributed by atoms with Crippen LogP contribution in [-0.2, 0) is 0 Å². The lowest BCUT2D eigenvalue weighted by Crippen LogP contribution is -2.26. The predicted octanol–water partition coefficient (Wildman–Crippen LogP) is 1.52. The molecule has 1 aliphatic carbocycles. The molecule has 1 amide bonds. The molecule has 0 bridgehead atoms. The van der Waals surface area contributed by atoms with Crippen LogP contribution >= 0.6 is 0 Å². The summed E-state index contributed by atoms with van der Waals surface area (Å²) in [6, 6.07) is 6.97. The summed E-state index contributed by atoms with van der Waals surface area (Å²) in [4.78, 5) is 11.4. The third kappa shape index (κ3) is 1.86. The second kappa shape index (κ2) is 3.17. The second-order valence-electron chi connectivity index (χ2n) is 3.15. The lowest BCUT2D eigenvalue weighted by molar-refractivity contribution is 0.0947. The second-order valence-corrected chi connectivity index (χ2v) is 3.15. The number of carbonyl (C=O) groups excluding carboxylic acids is 1. The van der Waals surface area contributed by atoms with E-state index in [9.17, 15) is 9.18 Å². The summed E-state index contributed by atoms with van der Waals surface area (Å²) in [5.41, 5.74) is 0.102. The average molecular weight is 178 g/mol. The Morgan fingerprint density at radius 1 is 1.62 bits per heavy atom. The summed E-state index contributed by atoms with van der Waals surface area (Å²) in [6.07, 6.45) is 2.01. The van der Waals surface area contributed by atoms with E-state index in [0.29, 0.717) is 0 Å². The lowest BCUT2D eigenvalue weighted by atomic mass is 10.2. The molecule has 0 spiro atoms. The summed E-state index contributed by atoms with van der Waals surface area (Å²) >= 11 is 0.